The molecular formula is C15H30N2O. The number of piperidine rings is 1. The van der Waals surface area contributed by atoms with Gasteiger partial charge in [0.2, 0.25) is 0 Å². The van der Waals surface area contributed by atoms with Crippen LogP contribution in [0.4, 0.5) is 0 Å². The summed E-state index contributed by atoms with van der Waals surface area (Å²) >= 11 is 0. The molecule has 2 atom stereocenters. The zero-order valence-electron chi connectivity index (χ0n) is 12.0. The topological polar surface area (TPSA) is 24.5 Å². The van der Waals surface area contributed by atoms with Crippen LogP contribution in [0.1, 0.15) is 39.0 Å². The molecule has 0 bridgehead atoms. The fraction of sp³-hybridized carbons (Fsp3) is 1.00. The number of nitrogens with one attached hydrogen (secondary N) is 1. The molecule has 18 heavy (non-hydrogen) atoms. The van der Waals surface area contributed by atoms with Crippen LogP contribution in [-0.4, -0.2) is 50.8 Å². The lowest BCUT2D eigenvalue weighted by Gasteiger charge is -2.41. The highest BCUT2D eigenvalue weighted by Gasteiger charge is 2.30. The molecule has 3 heteroatoms. The Hall–Kier alpha value is -0.120. The smallest absolute Gasteiger partial charge is 0.0590 e. The van der Waals surface area contributed by atoms with E-state index in [-0.39, 0.29) is 0 Å². The summed E-state index contributed by atoms with van der Waals surface area (Å²) in [5.74, 6) is 2.07. The molecule has 1 saturated carbocycles. The molecule has 2 unspecified atom stereocenters. The van der Waals surface area contributed by atoms with Gasteiger partial charge in [0.05, 0.1) is 6.61 Å². The molecule has 1 aliphatic heterocycles. The second-order valence-electron chi connectivity index (χ2n) is 5.84. The van der Waals surface area contributed by atoms with E-state index in [0.717, 1.165) is 38.1 Å². The Bertz CT molecular complexity index is 223. The van der Waals surface area contributed by atoms with E-state index in [4.69, 9.17) is 4.74 Å². The van der Waals surface area contributed by atoms with E-state index < -0.39 is 0 Å². The number of likely N-dealkylation sites (tertiary alicyclic amines) is 1. The van der Waals surface area contributed by atoms with Gasteiger partial charge in [-0.2, -0.15) is 0 Å². The predicted octanol–water partition coefficient (Wildman–Crippen LogP) is 2.12. The molecular weight excluding hydrogens is 224 g/mol. The number of hydrogen-bond acceptors (Lipinski definition) is 3. The predicted molar refractivity (Wildman–Crippen MR) is 75.9 cm³/mol. The van der Waals surface area contributed by atoms with Gasteiger partial charge in [-0.25, -0.2) is 0 Å². The molecule has 0 aromatic heterocycles. The first-order valence-electron chi connectivity index (χ1n) is 7.91. The summed E-state index contributed by atoms with van der Waals surface area (Å²) in [6.45, 7) is 9.74. The monoisotopic (exact) mass is 254 g/mol. The molecule has 3 nitrogen and oxygen atoms in total. The second-order valence-corrected chi connectivity index (χ2v) is 5.84. The number of nitrogens with zero attached hydrogens (tertiary/aromatic N) is 1. The van der Waals surface area contributed by atoms with Crippen molar-refractivity contribution >= 4 is 0 Å². The van der Waals surface area contributed by atoms with E-state index in [1.165, 1.54) is 51.7 Å². The minimum atomic E-state index is 0.830. The lowest BCUT2D eigenvalue weighted by Crippen LogP contribution is -2.44. The van der Waals surface area contributed by atoms with Crippen LogP contribution in [0.3, 0.4) is 0 Å². The van der Waals surface area contributed by atoms with E-state index >= 15 is 0 Å². The SMILES string of the molecule is CCOCCNCCN1CCC2CCCCC2C1. The van der Waals surface area contributed by atoms with Crippen LogP contribution in [0.25, 0.3) is 0 Å². The normalized spacial score (nSPS) is 29.2. The van der Waals surface area contributed by atoms with Crippen molar-refractivity contribution in [1.29, 1.82) is 0 Å². The highest BCUT2D eigenvalue weighted by Crippen LogP contribution is 2.35. The van der Waals surface area contributed by atoms with Gasteiger partial charge in [-0.3, -0.25) is 0 Å². The van der Waals surface area contributed by atoms with Crippen LogP contribution >= 0.6 is 0 Å². The van der Waals surface area contributed by atoms with Crippen LogP contribution in [0, 0.1) is 11.8 Å². The zero-order valence-corrected chi connectivity index (χ0v) is 12.0. The molecule has 2 rings (SSSR count). The minimum Gasteiger partial charge on any atom is -0.380 e. The lowest BCUT2D eigenvalue weighted by molar-refractivity contribution is 0.0866. The van der Waals surface area contributed by atoms with Gasteiger partial charge in [0.25, 0.3) is 0 Å². The second kappa shape index (κ2) is 8.13. The van der Waals surface area contributed by atoms with Crippen molar-refractivity contribution in [3.05, 3.63) is 0 Å². The largest absolute Gasteiger partial charge is 0.380 e. The van der Waals surface area contributed by atoms with Gasteiger partial charge >= 0.3 is 0 Å². The summed E-state index contributed by atoms with van der Waals surface area (Å²) in [4.78, 5) is 2.67. The zero-order chi connectivity index (χ0) is 12.6. The highest BCUT2D eigenvalue weighted by molar-refractivity contribution is 4.83. The summed E-state index contributed by atoms with van der Waals surface area (Å²) in [5, 5.41) is 3.47. The molecule has 1 heterocycles. The maximum Gasteiger partial charge on any atom is 0.0590 e. The Balaban J connectivity index is 1.54. The summed E-state index contributed by atoms with van der Waals surface area (Å²) in [6.07, 6.45) is 7.40. The molecule has 1 aliphatic carbocycles. The van der Waals surface area contributed by atoms with Gasteiger partial charge in [0.1, 0.15) is 0 Å². The van der Waals surface area contributed by atoms with Gasteiger partial charge < -0.3 is 15.0 Å². The van der Waals surface area contributed by atoms with Crippen molar-refractivity contribution in [3.63, 3.8) is 0 Å². The maximum absolute atomic E-state index is 5.32. The average Bonchev–Trinajstić information content (AvgIpc) is 2.42. The maximum atomic E-state index is 5.32. The van der Waals surface area contributed by atoms with Crippen molar-refractivity contribution in [2.45, 2.75) is 39.0 Å². The summed E-state index contributed by atoms with van der Waals surface area (Å²) < 4.78 is 5.32. The summed E-state index contributed by atoms with van der Waals surface area (Å²) in [7, 11) is 0. The first-order valence-corrected chi connectivity index (χ1v) is 7.91. The van der Waals surface area contributed by atoms with Gasteiger partial charge in [-0.05, 0) is 38.1 Å². The molecule has 1 saturated heterocycles. The van der Waals surface area contributed by atoms with Gasteiger partial charge in [0.15, 0.2) is 0 Å². The summed E-state index contributed by atoms with van der Waals surface area (Å²) in [5.41, 5.74) is 0. The third-order valence-corrected chi connectivity index (χ3v) is 4.61. The lowest BCUT2D eigenvalue weighted by atomic mass is 9.75. The minimum absolute atomic E-state index is 0.830. The fourth-order valence-corrected chi connectivity index (χ4v) is 3.53. The van der Waals surface area contributed by atoms with Crippen LogP contribution in [0.5, 0.6) is 0 Å². The molecule has 0 spiro atoms. The van der Waals surface area contributed by atoms with Crippen molar-refractivity contribution in [2.75, 3.05) is 45.9 Å². The molecule has 0 aromatic carbocycles. The first-order chi connectivity index (χ1) is 8.90. The van der Waals surface area contributed by atoms with Crippen LogP contribution in [-0.2, 0) is 4.74 Å². The molecule has 0 aromatic rings. The standard InChI is InChI=1S/C15H30N2O/c1-2-18-12-9-16-8-11-17-10-7-14-5-3-4-6-15(14)13-17/h14-16H,2-13H2,1H3. The van der Waals surface area contributed by atoms with Crippen molar-refractivity contribution in [2.24, 2.45) is 11.8 Å². The van der Waals surface area contributed by atoms with E-state index in [0.29, 0.717) is 0 Å². The van der Waals surface area contributed by atoms with Crippen molar-refractivity contribution < 1.29 is 4.74 Å². The van der Waals surface area contributed by atoms with Crippen molar-refractivity contribution in [3.8, 4) is 0 Å². The van der Waals surface area contributed by atoms with Gasteiger partial charge in [0, 0.05) is 32.8 Å². The van der Waals surface area contributed by atoms with E-state index in [1.807, 2.05) is 6.92 Å². The third kappa shape index (κ3) is 4.52. The van der Waals surface area contributed by atoms with E-state index in [1.54, 1.807) is 0 Å². The molecule has 2 fully saturated rings. The summed E-state index contributed by atoms with van der Waals surface area (Å²) in [6, 6.07) is 0. The van der Waals surface area contributed by atoms with Crippen LogP contribution < -0.4 is 5.32 Å². The molecule has 106 valence electrons. The van der Waals surface area contributed by atoms with E-state index in [9.17, 15) is 0 Å². The highest BCUT2D eigenvalue weighted by atomic mass is 16.5. The number of fused-ring (bicyclic) bond motifs is 1. The Morgan fingerprint density at radius 3 is 2.78 bits per heavy atom. The molecule has 2 aliphatic rings. The third-order valence-electron chi connectivity index (χ3n) is 4.61. The first kappa shape index (κ1) is 14.3. The number of rotatable bonds is 7. The number of hydrogen-bond donors (Lipinski definition) is 1. The van der Waals surface area contributed by atoms with Crippen molar-refractivity contribution in [1.82, 2.24) is 10.2 Å². The quantitative estimate of drug-likeness (QED) is 0.704. The number of ether oxygens (including phenoxy) is 1. The Morgan fingerprint density at radius 2 is 1.94 bits per heavy atom. The Kier molecular flexibility index (Phi) is 6.46. The molecule has 0 amide bonds. The van der Waals surface area contributed by atoms with Crippen LogP contribution in [0.15, 0.2) is 0 Å². The Morgan fingerprint density at radius 1 is 1.11 bits per heavy atom. The van der Waals surface area contributed by atoms with Crippen LogP contribution in [0.2, 0.25) is 0 Å². The fourth-order valence-electron chi connectivity index (χ4n) is 3.53. The Labute approximate surface area is 112 Å². The van der Waals surface area contributed by atoms with Gasteiger partial charge in [-0.15, -0.1) is 0 Å². The van der Waals surface area contributed by atoms with E-state index in [2.05, 4.69) is 10.2 Å². The molecule has 0 radical (unpaired) electrons. The molecule has 1 N–H and O–H groups in total. The average molecular weight is 254 g/mol. The van der Waals surface area contributed by atoms with Gasteiger partial charge in [-0.1, -0.05) is 19.3 Å².